The zero-order valence-corrected chi connectivity index (χ0v) is 13.9. The van der Waals surface area contributed by atoms with E-state index in [0.717, 1.165) is 36.0 Å². The lowest BCUT2D eigenvalue weighted by molar-refractivity contribution is 0.353. The van der Waals surface area contributed by atoms with Crippen molar-refractivity contribution in [2.75, 3.05) is 14.2 Å². The normalized spacial score (nSPS) is 17.0. The molecule has 1 aromatic carbocycles. The molecule has 2 aliphatic rings. The maximum Gasteiger partial charge on any atom is 0.161 e. The summed E-state index contributed by atoms with van der Waals surface area (Å²) in [6.45, 7) is 0. The van der Waals surface area contributed by atoms with E-state index >= 15 is 0 Å². The molecule has 1 saturated carbocycles. The van der Waals surface area contributed by atoms with Gasteiger partial charge in [0.15, 0.2) is 11.5 Å². The molecule has 4 nitrogen and oxygen atoms in total. The average Bonchev–Trinajstić information content (AvgIpc) is 3.14. The number of H-pyrrole nitrogens is 1. The fraction of sp³-hybridized carbons (Fsp3) is 0.526. The van der Waals surface area contributed by atoms with Crippen molar-refractivity contribution in [3.63, 3.8) is 0 Å². The van der Waals surface area contributed by atoms with Crippen LogP contribution in [-0.4, -0.2) is 24.4 Å². The Balaban J connectivity index is 1.64. The third-order valence-electron chi connectivity index (χ3n) is 5.40. The summed E-state index contributed by atoms with van der Waals surface area (Å²) in [5, 5.41) is 7.92. The third kappa shape index (κ3) is 2.50. The van der Waals surface area contributed by atoms with E-state index in [0.29, 0.717) is 0 Å². The van der Waals surface area contributed by atoms with Gasteiger partial charge in [-0.25, -0.2) is 0 Å². The van der Waals surface area contributed by atoms with Crippen molar-refractivity contribution in [1.82, 2.24) is 10.2 Å². The summed E-state index contributed by atoms with van der Waals surface area (Å²) >= 11 is 0. The van der Waals surface area contributed by atoms with Gasteiger partial charge in [0.1, 0.15) is 0 Å². The lowest BCUT2D eigenvalue weighted by Gasteiger charge is -2.21. The van der Waals surface area contributed by atoms with Gasteiger partial charge in [0.25, 0.3) is 0 Å². The molecule has 0 radical (unpaired) electrons. The van der Waals surface area contributed by atoms with E-state index in [1.54, 1.807) is 14.2 Å². The zero-order chi connectivity index (χ0) is 15.8. The largest absolute Gasteiger partial charge is 0.493 e. The minimum absolute atomic E-state index is 0.774. The first-order valence-electron chi connectivity index (χ1n) is 8.61. The number of benzene rings is 1. The van der Waals surface area contributed by atoms with Gasteiger partial charge in [0, 0.05) is 23.2 Å². The van der Waals surface area contributed by atoms with Crippen LogP contribution in [-0.2, 0) is 12.8 Å². The number of nitrogens with one attached hydrogen (secondary N) is 1. The van der Waals surface area contributed by atoms with Crippen molar-refractivity contribution >= 4 is 0 Å². The van der Waals surface area contributed by atoms with E-state index in [-0.39, 0.29) is 0 Å². The van der Waals surface area contributed by atoms with Crippen molar-refractivity contribution in [1.29, 1.82) is 0 Å². The summed E-state index contributed by atoms with van der Waals surface area (Å²) in [6.07, 6.45) is 8.99. The second-order valence-corrected chi connectivity index (χ2v) is 6.78. The zero-order valence-electron chi connectivity index (χ0n) is 13.9. The molecule has 0 bridgehead atoms. The van der Waals surface area contributed by atoms with Crippen molar-refractivity contribution in [3.05, 3.63) is 29.0 Å². The number of nitrogens with zero attached hydrogens (tertiary/aromatic N) is 1. The fourth-order valence-corrected chi connectivity index (χ4v) is 4.14. The molecule has 1 aromatic heterocycles. The predicted molar refractivity (Wildman–Crippen MR) is 90.2 cm³/mol. The number of aromatic amines is 1. The molecule has 0 aliphatic heterocycles. The molecule has 0 unspecified atom stereocenters. The summed E-state index contributed by atoms with van der Waals surface area (Å²) in [6, 6.07) is 4.16. The van der Waals surface area contributed by atoms with E-state index < -0.39 is 0 Å². The van der Waals surface area contributed by atoms with Gasteiger partial charge in [0.2, 0.25) is 0 Å². The molecular formula is C19H24N2O2. The smallest absolute Gasteiger partial charge is 0.161 e. The van der Waals surface area contributed by atoms with Crippen LogP contribution < -0.4 is 9.47 Å². The molecule has 0 atom stereocenters. The summed E-state index contributed by atoms with van der Waals surface area (Å²) in [4.78, 5) is 0. The van der Waals surface area contributed by atoms with E-state index in [2.05, 4.69) is 22.3 Å². The number of rotatable bonds is 4. The topological polar surface area (TPSA) is 47.1 Å². The van der Waals surface area contributed by atoms with Crippen molar-refractivity contribution in [2.45, 2.75) is 44.9 Å². The van der Waals surface area contributed by atoms with Crippen LogP contribution in [0.15, 0.2) is 12.1 Å². The first-order chi connectivity index (χ1) is 11.3. The molecule has 1 fully saturated rings. The summed E-state index contributed by atoms with van der Waals surface area (Å²) in [5.74, 6) is 2.39. The quantitative estimate of drug-likeness (QED) is 0.788. The highest BCUT2D eigenvalue weighted by Crippen LogP contribution is 2.43. The highest BCUT2D eigenvalue weighted by atomic mass is 16.5. The number of fused-ring (bicyclic) bond motifs is 3. The Kier molecular flexibility index (Phi) is 3.76. The lowest BCUT2D eigenvalue weighted by Crippen LogP contribution is -2.10. The van der Waals surface area contributed by atoms with Gasteiger partial charge in [-0.1, -0.05) is 32.1 Å². The van der Waals surface area contributed by atoms with Crippen molar-refractivity contribution in [3.8, 4) is 22.8 Å². The Hall–Kier alpha value is -1.97. The first kappa shape index (κ1) is 14.6. The molecule has 23 heavy (non-hydrogen) atoms. The van der Waals surface area contributed by atoms with Gasteiger partial charge in [-0.2, -0.15) is 5.10 Å². The van der Waals surface area contributed by atoms with Crippen molar-refractivity contribution < 1.29 is 9.47 Å². The first-order valence-corrected chi connectivity index (χ1v) is 8.61. The van der Waals surface area contributed by atoms with Crippen LogP contribution in [0.5, 0.6) is 11.5 Å². The standard InChI is InChI=1S/C19H24N2O2/c1-22-17-10-13-9-15-16(8-12-6-4-3-5-7-12)20-21-19(15)14(13)11-18(17)23-2/h10-12H,3-9H2,1-2H3,(H,20,21). The number of aromatic nitrogens is 2. The molecule has 0 amide bonds. The minimum Gasteiger partial charge on any atom is -0.493 e. The van der Waals surface area contributed by atoms with Gasteiger partial charge in [-0.3, -0.25) is 5.10 Å². The molecule has 2 aromatic rings. The van der Waals surface area contributed by atoms with Crippen LogP contribution in [0.1, 0.15) is 48.9 Å². The monoisotopic (exact) mass is 312 g/mol. The summed E-state index contributed by atoms with van der Waals surface area (Å²) < 4.78 is 10.9. The molecule has 4 heteroatoms. The van der Waals surface area contributed by atoms with E-state index in [1.165, 1.54) is 54.5 Å². The number of methoxy groups -OCH3 is 2. The molecule has 1 heterocycles. The van der Waals surface area contributed by atoms with Crippen LogP contribution in [0.3, 0.4) is 0 Å². The summed E-state index contributed by atoms with van der Waals surface area (Å²) in [7, 11) is 3.37. The number of hydrogen-bond donors (Lipinski definition) is 1. The highest BCUT2D eigenvalue weighted by Gasteiger charge is 2.28. The Bertz CT molecular complexity index is 714. The van der Waals surface area contributed by atoms with Crippen LogP contribution in [0.4, 0.5) is 0 Å². The Morgan fingerprint density at radius 2 is 1.83 bits per heavy atom. The molecule has 4 rings (SSSR count). The third-order valence-corrected chi connectivity index (χ3v) is 5.40. The predicted octanol–water partition coefficient (Wildman–Crippen LogP) is 4.12. The van der Waals surface area contributed by atoms with Crippen LogP contribution in [0.25, 0.3) is 11.3 Å². The summed E-state index contributed by atoms with van der Waals surface area (Å²) in [5.41, 5.74) is 6.29. The molecule has 0 saturated heterocycles. The molecule has 122 valence electrons. The highest BCUT2D eigenvalue weighted by molar-refractivity contribution is 5.77. The van der Waals surface area contributed by atoms with E-state index in [1.807, 2.05) is 0 Å². The van der Waals surface area contributed by atoms with Crippen LogP contribution in [0, 0.1) is 5.92 Å². The van der Waals surface area contributed by atoms with Crippen molar-refractivity contribution in [2.24, 2.45) is 5.92 Å². The van der Waals surface area contributed by atoms with Gasteiger partial charge in [-0.05, 0) is 30.0 Å². The van der Waals surface area contributed by atoms with Gasteiger partial charge >= 0.3 is 0 Å². The number of hydrogen-bond acceptors (Lipinski definition) is 3. The molecule has 2 aliphatic carbocycles. The second kappa shape index (κ2) is 5.91. The maximum absolute atomic E-state index is 5.44. The Morgan fingerprint density at radius 3 is 2.57 bits per heavy atom. The molecule has 1 N–H and O–H groups in total. The Labute approximate surface area is 137 Å². The number of ether oxygens (including phenoxy) is 2. The van der Waals surface area contributed by atoms with E-state index in [4.69, 9.17) is 9.47 Å². The SMILES string of the molecule is COc1cc2c(cc1OC)-c1n[nH]c(CC3CCCCC3)c1C2. The Morgan fingerprint density at radius 1 is 1.09 bits per heavy atom. The average molecular weight is 312 g/mol. The van der Waals surface area contributed by atoms with Gasteiger partial charge in [-0.15, -0.1) is 0 Å². The van der Waals surface area contributed by atoms with Gasteiger partial charge < -0.3 is 9.47 Å². The van der Waals surface area contributed by atoms with Crippen LogP contribution >= 0.6 is 0 Å². The molecular weight excluding hydrogens is 288 g/mol. The van der Waals surface area contributed by atoms with Gasteiger partial charge in [0.05, 0.1) is 19.9 Å². The maximum atomic E-state index is 5.44. The lowest BCUT2D eigenvalue weighted by atomic mass is 9.85. The minimum atomic E-state index is 0.774. The molecule has 0 spiro atoms. The van der Waals surface area contributed by atoms with Crippen LogP contribution in [0.2, 0.25) is 0 Å². The fourth-order valence-electron chi connectivity index (χ4n) is 4.14. The second-order valence-electron chi connectivity index (χ2n) is 6.78. The van der Waals surface area contributed by atoms with E-state index in [9.17, 15) is 0 Å².